The summed E-state index contributed by atoms with van der Waals surface area (Å²) >= 11 is 0. The van der Waals surface area contributed by atoms with Crippen molar-refractivity contribution in [3.63, 3.8) is 0 Å². The summed E-state index contributed by atoms with van der Waals surface area (Å²) in [5, 5.41) is 8.79. The van der Waals surface area contributed by atoms with Gasteiger partial charge in [0.05, 0.1) is 11.6 Å². The number of hydrogen-bond acceptors (Lipinski definition) is 1. The first-order chi connectivity index (χ1) is 6.17. The summed E-state index contributed by atoms with van der Waals surface area (Å²) in [6.45, 7) is 8.08. The molecule has 0 saturated carbocycles. The molecule has 1 rings (SSSR count). The zero-order valence-corrected chi connectivity index (χ0v) is 8.17. The summed E-state index contributed by atoms with van der Waals surface area (Å²) in [5.74, 6) is 0.249. The van der Waals surface area contributed by atoms with Crippen LogP contribution in [-0.2, 0) is 6.42 Å². The van der Waals surface area contributed by atoms with E-state index in [0.29, 0.717) is 0 Å². The Balaban J connectivity index is 3.17. The molecule has 67 valence electrons. The topological polar surface area (TPSA) is 23.8 Å². The molecule has 0 saturated heterocycles. The van der Waals surface area contributed by atoms with E-state index in [0.717, 1.165) is 17.5 Å². The first-order valence-electron chi connectivity index (χ1n) is 4.54. The van der Waals surface area contributed by atoms with Gasteiger partial charge in [-0.05, 0) is 42.5 Å². The summed E-state index contributed by atoms with van der Waals surface area (Å²) in [7, 11) is 0. The summed E-state index contributed by atoms with van der Waals surface area (Å²) in [5.41, 5.74) is 3.10. The van der Waals surface area contributed by atoms with Gasteiger partial charge in [0.15, 0.2) is 0 Å². The van der Waals surface area contributed by atoms with E-state index in [2.05, 4.69) is 26.0 Å². The van der Waals surface area contributed by atoms with Gasteiger partial charge in [0, 0.05) is 0 Å². The van der Waals surface area contributed by atoms with Gasteiger partial charge in [-0.3, -0.25) is 0 Å². The van der Waals surface area contributed by atoms with Gasteiger partial charge in [0.2, 0.25) is 0 Å². The predicted molar refractivity (Wildman–Crippen MR) is 54.3 cm³/mol. The highest BCUT2D eigenvalue weighted by Crippen LogP contribution is 2.18. The van der Waals surface area contributed by atoms with Gasteiger partial charge in [-0.1, -0.05) is 19.9 Å². The molecule has 0 aliphatic heterocycles. The van der Waals surface area contributed by atoms with Crippen LogP contribution in [-0.4, -0.2) is 0 Å². The lowest BCUT2D eigenvalue weighted by atomic mass is 9.97. The molecule has 1 radical (unpaired) electrons. The Kier molecular flexibility index (Phi) is 3.08. The lowest BCUT2D eigenvalue weighted by Crippen LogP contribution is -1.92. The van der Waals surface area contributed by atoms with Crippen LogP contribution in [0.25, 0.3) is 0 Å². The Morgan fingerprint density at radius 3 is 2.62 bits per heavy atom. The molecule has 0 aliphatic rings. The highest BCUT2D eigenvalue weighted by molar-refractivity contribution is 5.39. The average Bonchev–Trinajstić information content (AvgIpc) is 2.16. The van der Waals surface area contributed by atoms with Crippen molar-refractivity contribution in [2.45, 2.75) is 26.2 Å². The normalized spacial score (nSPS) is 10.1. The molecule has 0 aliphatic carbocycles. The second-order valence-electron chi connectivity index (χ2n) is 3.33. The third-order valence-electron chi connectivity index (χ3n) is 2.12. The number of aryl methyl sites for hydroxylation is 1. The molecule has 1 aromatic rings. The Hall–Kier alpha value is -1.29. The van der Waals surface area contributed by atoms with Gasteiger partial charge >= 0.3 is 0 Å². The predicted octanol–water partition coefficient (Wildman–Crippen LogP) is 3.06. The largest absolute Gasteiger partial charge is 0.192 e. The second kappa shape index (κ2) is 4.09. The summed E-state index contributed by atoms with van der Waals surface area (Å²) < 4.78 is 0. The van der Waals surface area contributed by atoms with Crippen LogP contribution in [0.2, 0.25) is 0 Å². The maximum Gasteiger partial charge on any atom is 0.0991 e. The molecule has 0 amide bonds. The fourth-order valence-corrected chi connectivity index (χ4v) is 1.27. The van der Waals surface area contributed by atoms with E-state index < -0.39 is 0 Å². The number of nitriles is 1. The molecule has 0 heterocycles. The second-order valence-corrected chi connectivity index (χ2v) is 3.33. The standard InChI is InChI=1S/C12H14N/c1-4-10-5-11(8-13)7-12(6-10)9(2)3/h5-7,9H,2,4H2,1,3H3. The number of nitrogens with zero attached hydrogens (tertiary/aromatic N) is 1. The van der Waals surface area contributed by atoms with Crippen LogP contribution in [0.3, 0.4) is 0 Å². The van der Waals surface area contributed by atoms with E-state index in [1.165, 1.54) is 5.56 Å². The molecular weight excluding hydrogens is 158 g/mol. The Labute approximate surface area is 80.0 Å². The molecule has 13 heavy (non-hydrogen) atoms. The molecule has 1 heteroatoms. The maximum absolute atomic E-state index is 8.79. The maximum atomic E-state index is 8.79. The van der Waals surface area contributed by atoms with Crippen LogP contribution in [0, 0.1) is 18.3 Å². The van der Waals surface area contributed by atoms with E-state index in [9.17, 15) is 0 Å². The van der Waals surface area contributed by atoms with Gasteiger partial charge < -0.3 is 0 Å². The molecule has 1 unspecified atom stereocenters. The molecule has 0 N–H and O–H groups in total. The molecule has 1 aromatic carbocycles. The van der Waals surface area contributed by atoms with Crippen LogP contribution in [0.15, 0.2) is 18.2 Å². The van der Waals surface area contributed by atoms with Crippen LogP contribution in [0.4, 0.5) is 0 Å². The fourth-order valence-electron chi connectivity index (χ4n) is 1.27. The van der Waals surface area contributed by atoms with E-state index in [4.69, 9.17) is 5.26 Å². The third-order valence-corrected chi connectivity index (χ3v) is 2.12. The first-order valence-corrected chi connectivity index (χ1v) is 4.54. The molecular formula is C12H14N. The molecule has 0 bridgehead atoms. The van der Waals surface area contributed by atoms with Crippen LogP contribution in [0.1, 0.15) is 36.5 Å². The summed E-state index contributed by atoms with van der Waals surface area (Å²) in [6.07, 6.45) is 0.968. The number of benzene rings is 1. The molecule has 0 aromatic heterocycles. The molecule has 1 nitrogen and oxygen atoms in total. The minimum atomic E-state index is 0.249. The van der Waals surface area contributed by atoms with Crippen molar-refractivity contribution in [2.24, 2.45) is 0 Å². The average molecular weight is 172 g/mol. The molecule has 0 spiro atoms. The van der Waals surface area contributed by atoms with E-state index in [1.54, 1.807) is 0 Å². The highest BCUT2D eigenvalue weighted by Gasteiger charge is 2.02. The zero-order chi connectivity index (χ0) is 9.84. The van der Waals surface area contributed by atoms with Crippen molar-refractivity contribution in [2.75, 3.05) is 0 Å². The lowest BCUT2D eigenvalue weighted by Gasteiger charge is -2.07. The SMILES string of the molecule is [CH2]C(C)c1cc(C#N)cc(CC)c1. The lowest BCUT2D eigenvalue weighted by molar-refractivity contribution is 0.953. The van der Waals surface area contributed by atoms with Crippen molar-refractivity contribution in [3.05, 3.63) is 41.8 Å². The number of hydrogen-bond donors (Lipinski definition) is 0. The van der Waals surface area contributed by atoms with Gasteiger partial charge in [-0.25, -0.2) is 0 Å². The highest BCUT2D eigenvalue weighted by atomic mass is 14.2. The number of rotatable bonds is 2. The minimum absolute atomic E-state index is 0.249. The molecule has 1 atom stereocenters. The quantitative estimate of drug-likeness (QED) is 0.672. The summed E-state index contributed by atoms with van der Waals surface area (Å²) in [4.78, 5) is 0. The first kappa shape index (κ1) is 9.80. The van der Waals surface area contributed by atoms with Crippen molar-refractivity contribution >= 4 is 0 Å². The van der Waals surface area contributed by atoms with E-state index in [-0.39, 0.29) is 5.92 Å². The Bertz CT molecular complexity index is 331. The van der Waals surface area contributed by atoms with Gasteiger partial charge in [0.1, 0.15) is 0 Å². The van der Waals surface area contributed by atoms with Gasteiger partial charge in [-0.15, -0.1) is 0 Å². The minimum Gasteiger partial charge on any atom is -0.192 e. The smallest absolute Gasteiger partial charge is 0.0991 e. The van der Waals surface area contributed by atoms with E-state index >= 15 is 0 Å². The van der Waals surface area contributed by atoms with Crippen LogP contribution < -0.4 is 0 Å². The Morgan fingerprint density at radius 2 is 2.15 bits per heavy atom. The Morgan fingerprint density at radius 1 is 1.46 bits per heavy atom. The van der Waals surface area contributed by atoms with Crippen molar-refractivity contribution in [1.29, 1.82) is 5.26 Å². The van der Waals surface area contributed by atoms with Crippen molar-refractivity contribution < 1.29 is 0 Å². The van der Waals surface area contributed by atoms with Gasteiger partial charge in [-0.2, -0.15) is 5.26 Å². The van der Waals surface area contributed by atoms with Crippen molar-refractivity contribution in [1.82, 2.24) is 0 Å². The fraction of sp³-hybridized carbons (Fsp3) is 0.333. The van der Waals surface area contributed by atoms with E-state index in [1.807, 2.05) is 19.1 Å². The zero-order valence-electron chi connectivity index (χ0n) is 8.17. The van der Waals surface area contributed by atoms with Crippen LogP contribution >= 0.6 is 0 Å². The van der Waals surface area contributed by atoms with Crippen LogP contribution in [0.5, 0.6) is 0 Å². The summed E-state index contributed by atoms with van der Waals surface area (Å²) in [6, 6.07) is 8.14. The molecule has 0 fully saturated rings. The van der Waals surface area contributed by atoms with Gasteiger partial charge in [0.25, 0.3) is 0 Å². The van der Waals surface area contributed by atoms with Crippen molar-refractivity contribution in [3.8, 4) is 6.07 Å². The monoisotopic (exact) mass is 172 g/mol. The third kappa shape index (κ3) is 2.32.